The highest BCUT2D eigenvalue weighted by molar-refractivity contribution is 5.92. The molecule has 0 atom stereocenters. The van der Waals surface area contributed by atoms with Crippen molar-refractivity contribution < 1.29 is 4.79 Å². The number of aromatic nitrogens is 5. The van der Waals surface area contributed by atoms with Crippen LogP contribution in [-0.2, 0) is 0 Å². The molecule has 1 fully saturated rings. The first kappa shape index (κ1) is 13.8. The van der Waals surface area contributed by atoms with Crippen LogP contribution in [0.4, 0.5) is 0 Å². The molecule has 0 N–H and O–H groups in total. The van der Waals surface area contributed by atoms with Crippen LogP contribution >= 0.6 is 0 Å². The summed E-state index contributed by atoms with van der Waals surface area (Å²) in [5.74, 6) is 1.24. The fourth-order valence-corrected chi connectivity index (χ4v) is 3.05. The maximum Gasteiger partial charge on any atom is 0.274 e. The molecule has 7 nitrogen and oxygen atoms in total. The number of likely N-dealkylation sites (tertiary alicyclic amines) is 1. The summed E-state index contributed by atoms with van der Waals surface area (Å²) >= 11 is 0. The summed E-state index contributed by atoms with van der Waals surface area (Å²) in [6, 6.07) is 5.88. The average molecular weight is 308 g/mol. The van der Waals surface area contributed by atoms with Crippen molar-refractivity contribution in [2.45, 2.75) is 18.8 Å². The lowest BCUT2D eigenvalue weighted by Crippen LogP contribution is -2.38. The number of carbonyl (C=O) groups is 1. The molecular formula is C16H16N6O. The van der Waals surface area contributed by atoms with Gasteiger partial charge in [0.05, 0.1) is 6.20 Å². The molecule has 0 radical (unpaired) electrons. The molecule has 23 heavy (non-hydrogen) atoms. The predicted octanol–water partition coefficient (Wildman–Crippen LogP) is 1.54. The molecule has 3 aromatic heterocycles. The van der Waals surface area contributed by atoms with Gasteiger partial charge >= 0.3 is 0 Å². The van der Waals surface area contributed by atoms with Gasteiger partial charge in [0.25, 0.3) is 5.91 Å². The van der Waals surface area contributed by atoms with Crippen molar-refractivity contribution in [3.63, 3.8) is 0 Å². The number of amides is 1. The third kappa shape index (κ3) is 2.54. The Bertz CT molecular complexity index is 823. The van der Waals surface area contributed by atoms with Gasteiger partial charge in [0.1, 0.15) is 11.5 Å². The van der Waals surface area contributed by atoms with E-state index in [9.17, 15) is 4.79 Å². The van der Waals surface area contributed by atoms with E-state index in [4.69, 9.17) is 0 Å². The summed E-state index contributed by atoms with van der Waals surface area (Å²) < 4.78 is 2.03. The van der Waals surface area contributed by atoms with Crippen LogP contribution < -0.4 is 0 Å². The van der Waals surface area contributed by atoms with Crippen LogP contribution in [-0.4, -0.2) is 48.5 Å². The number of hydrogen-bond donors (Lipinski definition) is 0. The van der Waals surface area contributed by atoms with Gasteiger partial charge in [0.15, 0.2) is 5.65 Å². The van der Waals surface area contributed by atoms with Crippen LogP contribution in [0.1, 0.15) is 35.1 Å². The SMILES string of the molecule is O=C(c1cnccn1)N1CCC(c2nnc3ccccn23)CC1. The van der Waals surface area contributed by atoms with E-state index in [1.54, 1.807) is 12.4 Å². The third-order valence-electron chi connectivity index (χ3n) is 4.27. The molecule has 1 saturated heterocycles. The van der Waals surface area contributed by atoms with Gasteiger partial charge in [0.2, 0.25) is 0 Å². The van der Waals surface area contributed by atoms with E-state index in [2.05, 4.69) is 20.2 Å². The molecule has 4 heterocycles. The minimum absolute atomic E-state index is 0.0531. The van der Waals surface area contributed by atoms with Crippen molar-refractivity contribution in [1.29, 1.82) is 0 Å². The minimum atomic E-state index is -0.0531. The Morgan fingerprint density at radius 2 is 2.00 bits per heavy atom. The van der Waals surface area contributed by atoms with E-state index in [1.807, 2.05) is 33.7 Å². The number of nitrogens with zero attached hydrogens (tertiary/aromatic N) is 6. The predicted molar refractivity (Wildman–Crippen MR) is 82.9 cm³/mol. The Morgan fingerprint density at radius 3 is 2.78 bits per heavy atom. The number of carbonyl (C=O) groups excluding carboxylic acids is 1. The number of pyridine rings is 1. The van der Waals surface area contributed by atoms with Crippen LogP contribution in [0.15, 0.2) is 43.0 Å². The van der Waals surface area contributed by atoms with Gasteiger partial charge in [-0.05, 0) is 25.0 Å². The molecule has 1 amide bonds. The fourth-order valence-electron chi connectivity index (χ4n) is 3.05. The Balaban J connectivity index is 1.48. The molecular weight excluding hydrogens is 292 g/mol. The van der Waals surface area contributed by atoms with Crippen LogP contribution in [0.2, 0.25) is 0 Å². The second-order valence-corrected chi connectivity index (χ2v) is 5.64. The van der Waals surface area contributed by atoms with E-state index in [0.29, 0.717) is 24.7 Å². The van der Waals surface area contributed by atoms with E-state index < -0.39 is 0 Å². The molecule has 3 aromatic rings. The van der Waals surface area contributed by atoms with Crippen LogP contribution in [0.25, 0.3) is 5.65 Å². The standard InChI is InChI=1S/C16H16N6O/c23-16(13-11-17-6-7-18-13)21-9-4-12(5-10-21)15-20-19-14-3-1-2-8-22(14)15/h1-3,6-8,11-12H,4-5,9-10H2. The van der Waals surface area contributed by atoms with Crippen LogP contribution in [0, 0.1) is 0 Å². The Labute approximate surface area is 133 Å². The molecule has 0 aliphatic carbocycles. The highest BCUT2D eigenvalue weighted by Crippen LogP contribution is 2.27. The molecule has 0 spiro atoms. The zero-order valence-corrected chi connectivity index (χ0v) is 12.5. The van der Waals surface area contributed by atoms with Gasteiger partial charge in [-0.15, -0.1) is 10.2 Å². The van der Waals surface area contributed by atoms with Crippen molar-refractivity contribution in [3.8, 4) is 0 Å². The first-order chi connectivity index (χ1) is 11.3. The number of hydrogen-bond acceptors (Lipinski definition) is 5. The summed E-state index contributed by atoms with van der Waals surface area (Å²) in [7, 11) is 0. The monoisotopic (exact) mass is 308 g/mol. The lowest BCUT2D eigenvalue weighted by Gasteiger charge is -2.30. The van der Waals surface area contributed by atoms with Gasteiger partial charge in [-0.25, -0.2) is 4.98 Å². The topological polar surface area (TPSA) is 76.3 Å². The number of piperidine rings is 1. The van der Waals surface area contributed by atoms with E-state index in [0.717, 1.165) is 24.3 Å². The summed E-state index contributed by atoms with van der Waals surface area (Å²) in [5.41, 5.74) is 1.26. The van der Waals surface area contributed by atoms with E-state index >= 15 is 0 Å². The lowest BCUT2D eigenvalue weighted by atomic mass is 9.96. The van der Waals surface area contributed by atoms with Crippen molar-refractivity contribution in [3.05, 3.63) is 54.5 Å². The molecule has 0 saturated carbocycles. The fraction of sp³-hybridized carbons (Fsp3) is 0.312. The largest absolute Gasteiger partial charge is 0.337 e. The maximum absolute atomic E-state index is 12.4. The van der Waals surface area contributed by atoms with Gasteiger partial charge in [-0.2, -0.15) is 0 Å². The minimum Gasteiger partial charge on any atom is -0.337 e. The summed E-state index contributed by atoms with van der Waals surface area (Å²) in [6.07, 6.45) is 8.37. The molecule has 116 valence electrons. The Hall–Kier alpha value is -2.83. The quantitative estimate of drug-likeness (QED) is 0.718. The zero-order valence-electron chi connectivity index (χ0n) is 12.5. The van der Waals surface area contributed by atoms with Gasteiger partial charge in [0, 0.05) is 37.6 Å². The average Bonchev–Trinajstić information content (AvgIpc) is 3.06. The molecule has 7 heteroatoms. The summed E-state index contributed by atoms with van der Waals surface area (Å²) in [4.78, 5) is 22.3. The second-order valence-electron chi connectivity index (χ2n) is 5.64. The first-order valence-corrected chi connectivity index (χ1v) is 7.68. The molecule has 1 aliphatic rings. The molecule has 1 aliphatic heterocycles. The highest BCUT2D eigenvalue weighted by atomic mass is 16.2. The van der Waals surface area contributed by atoms with Crippen molar-refractivity contribution >= 4 is 11.6 Å². The van der Waals surface area contributed by atoms with Gasteiger partial charge in [-0.3, -0.25) is 14.2 Å². The maximum atomic E-state index is 12.4. The molecule has 0 aromatic carbocycles. The van der Waals surface area contributed by atoms with E-state index in [-0.39, 0.29) is 5.91 Å². The second kappa shape index (κ2) is 5.75. The van der Waals surface area contributed by atoms with Crippen molar-refractivity contribution in [1.82, 2.24) is 29.5 Å². The Kier molecular flexibility index (Phi) is 3.45. The summed E-state index contributed by atoms with van der Waals surface area (Å²) in [5, 5.41) is 8.54. The van der Waals surface area contributed by atoms with Crippen LogP contribution in [0.5, 0.6) is 0 Å². The van der Waals surface area contributed by atoms with Gasteiger partial charge < -0.3 is 4.90 Å². The normalized spacial score (nSPS) is 15.9. The van der Waals surface area contributed by atoms with Crippen molar-refractivity contribution in [2.24, 2.45) is 0 Å². The molecule has 0 unspecified atom stereocenters. The van der Waals surface area contributed by atoms with E-state index in [1.165, 1.54) is 6.20 Å². The molecule has 4 rings (SSSR count). The lowest BCUT2D eigenvalue weighted by molar-refractivity contribution is 0.0704. The number of rotatable bonds is 2. The number of fused-ring (bicyclic) bond motifs is 1. The van der Waals surface area contributed by atoms with Gasteiger partial charge in [-0.1, -0.05) is 6.07 Å². The zero-order chi connectivity index (χ0) is 15.6. The first-order valence-electron chi connectivity index (χ1n) is 7.68. The smallest absolute Gasteiger partial charge is 0.274 e. The molecule has 0 bridgehead atoms. The Morgan fingerprint density at radius 1 is 1.13 bits per heavy atom. The third-order valence-corrected chi connectivity index (χ3v) is 4.27. The highest BCUT2D eigenvalue weighted by Gasteiger charge is 2.27. The van der Waals surface area contributed by atoms with Crippen LogP contribution in [0.3, 0.4) is 0 Å². The van der Waals surface area contributed by atoms with Crippen molar-refractivity contribution in [2.75, 3.05) is 13.1 Å². The summed E-state index contributed by atoms with van der Waals surface area (Å²) in [6.45, 7) is 1.39.